The number of fused-ring (bicyclic) bond motifs is 1. The number of aliphatic hydroxyl groups excluding tert-OH is 1. The molecule has 3 nitrogen and oxygen atoms in total. The van der Waals surface area contributed by atoms with E-state index in [2.05, 4.69) is 0 Å². The smallest absolute Gasteiger partial charge is 0.251 e. The molecule has 0 saturated heterocycles. The summed E-state index contributed by atoms with van der Waals surface area (Å²) in [6.45, 7) is -0.327. The van der Waals surface area contributed by atoms with Crippen LogP contribution in [0.3, 0.4) is 0 Å². The summed E-state index contributed by atoms with van der Waals surface area (Å²) in [6, 6.07) is 5.19. The Bertz CT molecular complexity index is 425. The average molecular weight is 257 g/mol. The average Bonchev–Trinajstić information content (AvgIpc) is 2.65. The number of benzene rings is 1. The fourth-order valence-electron chi connectivity index (χ4n) is 2.46. The largest absolute Gasteiger partial charge is 0.497 e. The van der Waals surface area contributed by atoms with Crippen LogP contribution in [-0.4, -0.2) is 43.2 Å². The maximum Gasteiger partial charge on any atom is 0.251 e. The van der Waals surface area contributed by atoms with E-state index in [0.29, 0.717) is 12.2 Å². The lowest BCUT2D eigenvalue weighted by atomic mass is 10.1. The van der Waals surface area contributed by atoms with Gasteiger partial charge in [-0.3, -0.25) is 4.90 Å². The van der Waals surface area contributed by atoms with Gasteiger partial charge in [-0.2, -0.15) is 0 Å². The number of hydrogen-bond acceptors (Lipinski definition) is 3. The van der Waals surface area contributed by atoms with Crippen molar-refractivity contribution in [2.45, 2.75) is 25.0 Å². The van der Waals surface area contributed by atoms with Gasteiger partial charge in [0.15, 0.2) is 0 Å². The Morgan fingerprint density at radius 2 is 2.22 bits per heavy atom. The fraction of sp³-hybridized carbons (Fsp3) is 0.538. The summed E-state index contributed by atoms with van der Waals surface area (Å²) in [5.74, 6) is 0.671. The Morgan fingerprint density at radius 1 is 1.50 bits per heavy atom. The van der Waals surface area contributed by atoms with E-state index >= 15 is 0 Å². The minimum Gasteiger partial charge on any atom is -0.497 e. The van der Waals surface area contributed by atoms with E-state index in [1.807, 2.05) is 12.1 Å². The van der Waals surface area contributed by atoms with E-state index in [1.54, 1.807) is 20.2 Å². The first-order valence-electron chi connectivity index (χ1n) is 5.86. The Balaban J connectivity index is 2.17. The van der Waals surface area contributed by atoms with Crippen molar-refractivity contribution < 1.29 is 18.6 Å². The van der Waals surface area contributed by atoms with Gasteiger partial charge in [0.25, 0.3) is 6.43 Å². The molecule has 1 aliphatic carbocycles. The molecule has 0 fully saturated rings. The molecule has 18 heavy (non-hydrogen) atoms. The number of alkyl halides is 2. The number of nitrogens with zero attached hydrogens (tertiary/aromatic N) is 1. The van der Waals surface area contributed by atoms with Gasteiger partial charge in [-0.15, -0.1) is 0 Å². The SMILES string of the molecule is COc1ccc2c(c1)C(O)C(N(C)CC(F)F)C2. The maximum atomic E-state index is 12.4. The fourth-order valence-corrected chi connectivity index (χ4v) is 2.46. The number of aliphatic hydroxyl groups is 1. The van der Waals surface area contributed by atoms with E-state index < -0.39 is 12.5 Å². The van der Waals surface area contributed by atoms with Crippen LogP contribution in [0.1, 0.15) is 17.2 Å². The predicted molar refractivity (Wildman–Crippen MR) is 64.1 cm³/mol. The number of halogens is 2. The lowest BCUT2D eigenvalue weighted by molar-refractivity contribution is 0.0323. The molecule has 1 aromatic rings. The molecule has 2 rings (SSSR count). The molecule has 1 N–H and O–H groups in total. The molecule has 2 atom stereocenters. The summed E-state index contributed by atoms with van der Waals surface area (Å²) in [6.07, 6.45) is -2.54. The molecule has 0 amide bonds. The molecule has 1 aliphatic rings. The Hall–Kier alpha value is -1.20. The van der Waals surface area contributed by atoms with Crippen LogP contribution in [0.15, 0.2) is 18.2 Å². The number of methoxy groups -OCH3 is 1. The van der Waals surface area contributed by atoms with Gasteiger partial charge in [0.2, 0.25) is 0 Å². The van der Waals surface area contributed by atoms with Crippen LogP contribution in [0.4, 0.5) is 8.78 Å². The minimum atomic E-state index is -2.39. The van der Waals surface area contributed by atoms with Crippen molar-refractivity contribution in [3.05, 3.63) is 29.3 Å². The third-order valence-corrected chi connectivity index (χ3v) is 3.46. The van der Waals surface area contributed by atoms with Crippen LogP contribution < -0.4 is 4.74 Å². The van der Waals surface area contributed by atoms with Crippen LogP contribution in [0.5, 0.6) is 5.75 Å². The third-order valence-electron chi connectivity index (χ3n) is 3.46. The third kappa shape index (κ3) is 2.47. The number of hydrogen-bond donors (Lipinski definition) is 1. The van der Waals surface area contributed by atoms with Crippen molar-refractivity contribution in [1.82, 2.24) is 4.90 Å². The van der Waals surface area contributed by atoms with E-state index in [4.69, 9.17) is 4.74 Å². The quantitative estimate of drug-likeness (QED) is 0.893. The van der Waals surface area contributed by atoms with Gasteiger partial charge in [0, 0.05) is 6.04 Å². The van der Waals surface area contributed by atoms with Crippen molar-refractivity contribution in [2.24, 2.45) is 0 Å². The zero-order valence-corrected chi connectivity index (χ0v) is 10.4. The van der Waals surface area contributed by atoms with E-state index in [9.17, 15) is 13.9 Å². The van der Waals surface area contributed by atoms with E-state index in [1.165, 1.54) is 4.90 Å². The van der Waals surface area contributed by atoms with Gasteiger partial charge >= 0.3 is 0 Å². The van der Waals surface area contributed by atoms with Gasteiger partial charge < -0.3 is 9.84 Å². The van der Waals surface area contributed by atoms with Crippen molar-refractivity contribution in [1.29, 1.82) is 0 Å². The number of ether oxygens (including phenoxy) is 1. The highest BCUT2D eigenvalue weighted by Crippen LogP contribution is 2.36. The highest BCUT2D eigenvalue weighted by molar-refractivity contribution is 5.41. The maximum absolute atomic E-state index is 12.4. The van der Waals surface area contributed by atoms with E-state index in [-0.39, 0.29) is 12.6 Å². The molecular weight excluding hydrogens is 240 g/mol. The lowest BCUT2D eigenvalue weighted by Crippen LogP contribution is -2.38. The first-order chi connectivity index (χ1) is 8.52. The van der Waals surface area contributed by atoms with Crippen molar-refractivity contribution in [3.63, 3.8) is 0 Å². The van der Waals surface area contributed by atoms with Gasteiger partial charge in [-0.25, -0.2) is 8.78 Å². The molecule has 2 unspecified atom stereocenters. The highest BCUT2D eigenvalue weighted by atomic mass is 19.3. The van der Waals surface area contributed by atoms with Gasteiger partial charge in [0.05, 0.1) is 19.8 Å². The summed E-state index contributed by atoms with van der Waals surface area (Å²) in [7, 11) is 3.17. The topological polar surface area (TPSA) is 32.7 Å². The molecule has 0 radical (unpaired) electrons. The molecule has 0 bridgehead atoms. The first-order valence-corrected chi connectivity index (χ1v) is 5.86. The van der Waals surface area contributed by atoms with E-state index in [0.717, 1.165) is 11.1 Å². The molecular formula is C13H17F2NO2. The van der Waals surface area contributed by atoms with Crippen LogP contribution in [0, 0.1) is 0 Å². The van der Waals surface area contributed by atoms with Crippen molar-refractivity contribution in [3.8, 4) is 5.75 Å². The molecule has 1 aromatic carbocycles. The zero-order chi connectivity index (χ0) is 13.3. The standard InChI is InChI=1S/C13H17F2NO2/c1-16(7-12(14)15)11-5-8-3-4-9(18-2)6-10(8)13(11)17/h3-4,6,11-13,17H,5,7H2,1-2H3. The summed E-state index contributed by atoms with van der Waals surface area (Å²) in [4.78, 5) is 1.52. The van der Waals surface area contributed by atoms with Gasteiger partial charge in [-0.05, 0) is 36.7 Å². The second-order valence-electron chi connectivity index (χ2n) is 4.61. The minimum absolute atomic E-state index is 0.291. The highest BCUT2D eigenvalue weighted by Gasteiger charge is 2.34. The molecule has 0 aliphatic heterocycles. The van der Waals surface area contributed by atoms with Crippen LogP contribution in [0.2, 0.25) is 0 Å². The Kier molecular flexibility index (Phi) is 3.82. The molecule has 0 heterocycles. The first kappa shape index (κ1) is 13.2. The second kappa shape index (κ2) is 5.20. The summed E-state index contributed by atoms with van der Waals surface area (Å²) in [5.41, 5.74) is 1.77. The Labute approximate surface area is 105 Å². The van der Waals surface area contributed by atoms with Gasteiger partial charge in [0.1, 0.15) is 5.75 Å². The zero-order valence-electron chi connectivity index (χ0n) is 10.4. The summed E-state index contributed by atoms with van der Waals surface area (Å²) >= 11 is 0. The van der Waals surface area contributed by atoms with Crippen molar-refractivity contribution in [2.75, 3.05) is 20.7 Å². The lowest BCUT2D eigenvalue weighted by Gasteiger charge is -2.26. The van der Waals surface area contributed by atoms with Crippen LogP contribution in [-0.2, 0) is 6.42 Å². The van der Waals surface area contributed by atoms with Crippen LogP contribution >= 0.6 is 0 Å². The molecule has 0 saturated carbocycles. The van der Waals surface area contributed by atoms with Gasteiger partial charge in [-0.1, -0.05) is 6.07 Å². The molecule has 0 spiro atoms. The molecule has 0 aromatic heterocycles. The normalized spacial score (nSPS) is 22.6. The number of rotatable bonds is 4. The molecule has 100 valence electrons. The molecule has 5 heteroatoms. The number of likely N-dealkylation sites (N-methyl/N-ethyl adjacent to an activating group) is 1. The summed E-state index contributed by atoms with van der Waals surface area (Å²) in [5, 5.41) is 10.2. The van der Waals surface area contributed by atoms with Crippen LogP contribution in [0.25, 0.3) is 0 Å². The van der Waals surface area contributed by atoms with Crippen molar-refractivity contribution >= 4 is 0 Å². The monoisotopic (exact) mass is 257 g/mol. The Morgan fingerprint density at radius 3 is 2.83 bits per heavy atom. The second-order valence-corrected chi connectivity index (χ2v) is 4.61. The predicted octanol–water partition coefficient (Wildman–Crippen LogP) is 1.85. The summed E-state index contributed by atoms with van der Waals surface area (Å²) < 4.78 is 29.8.